The first-order valence-electron chi connectivity index (χ1n) is 5.92. The molecule has 0 radical (unpaired) electrons. The van der Waals surface area contributed by atoms with Gasteiger partial charge in [0.05, 0.1) is 17.2 Å². The second kappa shape index (κ2) is 5.60. The lowest BCUT2D eigenvalue weighted by Gasteiger charge is -2.11. The number of sulfonamides is 1. The highest BCUT2D eigenvalue weighted by molar-refractivity contribution is 7.92. The topological polar surface area (TPSA) is 66.4 Å². The van der Waals surface area contributed by atoms with Crippen molar-refractivity contribution in [1.29, 1.82) is 0 Å². The van der Waals surface area contributed by atoms with Crippen LogP contribution in [0.15, 0.2) is 47.4 Å². The average Bonchev–Trinajstić information content (AvgIpc) is 2.41. The molecule has 0 heterocycles. The van der Waals surface area contributed by atoms with Crippen molar-refractivity contribution in [3.05, 3.63) is 59.4 Å². The van der Waals surface area contributed by atoms with Gasteiger partial charge in [0.15, 0.2) is 0 Å². The molecule has 2 N–H and O–H groups in total. The number of anilines is 1. The number of aliphatic hydroxyl groups excluding tert-OH is 1. The summed E-state index contributed by atoms with van der Waals surface area (Å²) in [7, 11) is -3.81. The Kier molecular flexibility index (Phi) is 4.06. The number of para-hydroxylation sites is 1. The molecule has 0 amide bonds. The molecule has 0 aliphatic heterocycles. The number of rotatable bonds is 4. The molecule has 0 unspecified atom stereocenters. The van der Waals surface area contributed by atoms with Gasteiger partial charge in [-0.05, 0) is 36.8 Å². The summed E-state index contributed by atoms with van der Waals surface area (Å²) < 4.78 is 40.2. The molecule has 0 saturated carbocycles. The molecular weight excluding hydrogens is 281 g/mol. The molecule has 0 fully saturated rings. The van der Waals surface area contributed by atoms with Gasteiger partial charge in [-0.25, -0.2) is 12.8 Å². The molecule has 20 heavy (non-hydrogen) atoms. The number of nitrogens with one attached hydrogen (secondary N) is 1. The summed E-state index contributed by atoms with van der Waals surface area (Å²) >= 11 is 0. The van der Waals surface area contributed by atoms with Crippen LogP contribution >= 0.6 is 0 Å². The van der Waals surface area contributed by atoms with Crippen molar-refractivity contribution in [2.75, 3.05) is 4.72 Å². The van der Waals surface area contributed by atoms with Crippen LogP contribution in [0.4, 0.5) is 10.1 Å². The molecule has 2 rings (SSSR count). The zero-order valence-electron chi connectivity index (χ0n) is 10.8. The SMILES string of the molecule is Cc1ccccc1NS(=O)(=O)c1ccc(F)c(CO)c1. The predicted octanol–water partition coefficient (Wildman–Crippen LogP) is 2.43. The monoisotopic (exact) mass is 295 g/mol. The lowest BCUT2D eigenvalue weighted by molar-refractivity contribution is 0.275. The van der Waals surface area contributed by atoms with Crippen molar-refractivity contribution in [1.82, 2.24) is 0 Å². The first-order valence-corrected chi connectivity index (χ1v) is 7.40. The fourth-order valence-corrected chi connectivity index (χ4v) is 2.91. The smallest absolute Gasteiger partial charge is 0.261 e. The molecule has 0 spiro atoms. The Morgan fingerprint density at radius 3 is 2.55 bits per heavy atom. The quantitative estimate of drug-likeness (QED) is 0.910. The van der Waals surface area contributed by atoms with Gasteiger partial charge in [-0.2, -0.15) is 0 Å². The Bertz CT molecular complexity index is 729. The normalized spacial score (nSPS) is 11.3. The zero-order chi connectivity index (χ0) is 14.8. The molecule has 2 aromatic carbocycles. The van der Waals surface area contributed by atoms with E-state index in [-0.39, 0.29) is 10.5 Å². The van der Waals surface area contributed by atoms with Crippen molar-refractivity contribution in [2.24, 2.45) is 0 Å². The van der Waals surface area contributed by atoms with Gasteiger partial charge in [-0.15, -0.1) is 0 Å². The van der Waals surface area contributed by atoms with Crippen LogP contribution in [0.25, 0.3) is 0 Å². The van der Waals surface area contributed by atoms with Gasteiger partial charge in [0.25, 0.3) is 10.0 Å². The third-order valence-corrected chi connectivity index (χ3v) is 4.25. The Balaban J connectivity index is 2.38. The van der Waals surface area contributed by atoms with Crippen LogP contribution in [0.3, 0.4) is 0 Å². The molecule has 0 saturated heterocycles. The fourth-order valence-electron chi connectivity index (χ4n) is 1.73. The standard InChI is InChI=1S/C14H14FNO3S/c1-10-4-2-3-5-14(10)16-20(18,19)12-6-7-13(15)11(8-12)9-17/h2-8,16-17H,9H2,1H3. The van der Waals surface area contributed by atoms with E-state index in [9.17, 15) is 12.8 Å². The van der Waals surface area contributed by atoms with Crippen molar-refractivity contribution in [2.45, 2.75) is 18.4 Å². The molecule has 106 valence electrons. The molecule has 4 nitrogen and oxygen atoms in total. The minimum absolute atomic E-state index is 0.0577. The number of hydrogen-bond donors (Lipinski definition) is 2. The van der Waals surface area contributed by atoms with Crippen LogP contribution in [0.5, 0.6) is 0 Å². The fraction of sp³-hybridized carbons (Fsp3) is 0.143. The van der Waals surface area contributed by atoms with Crippen molar-refractivity contribution in [3.63, 3.8) is 0 Å². The number of aryl methyl sites for hydroxylation is 1. The maximum absolute atomic E-state index is 13.3. The number of aliphatic hydroxyl groups is 1. The summed E-state index contributed by atoms with van der Waals surface area (Å²) in [5, 5.41) is 8.99. The summed E-state index contributed by atoms with van der Waals surface area (Å²) in [6.45, 7) is 1.22. The Labute approximate surface area is 116 Å². The first kappa shape index (κ1) is 14.5. The largest absolute Gasteiger partial charge is 0.392 e. The average molecular weight is 295 g/mol. The summed E-state index contributed by atoms with van der Waals surface area (Å²) in [6.07, 6.45) is 0. The van der Waals surface area contributed by atoms with Gasteiger partial charge in [-0.1, -0.05) is 18.2 Å². The molecular formula is C14H14FNO3S. The summed E-state index contributed by atoms with van der Waals surface area (Å²) in [5.74, 6) is -0.637. The third kappa shape index (κ3) is 2.97. The second-order valence-electron chi connectivity index (χ2n) is 4.33. The maximum Gasteiger partial charge on any atom is 0.261 e. The number of hydrogen-bond acceptors (Lipinski definition) is 3. The van der Waals surface area contributed by atoms with E-state index in [2.05, 4.69) is 4.72 Å². The van der Waals surface area contributed by atoms with Gasteiger partial charge < -0.3 is 5.11 Å². The van der Waals surface area contributed by atoms with Crippen molar-refractivity contribution < 1.29 is 17.9 Å². The summed E-state index contributed by atoms with van der Waals surface area (Å²) in [6, 6.07) is 10.2. The van der Waals surface area contributed by atoms with E-state index in [1.165, 1.54) is 0 Å². The van der Waals surface area contributed by atoms with E-state index >= 15 is 0 Å². The highest BCUT2D eigenvalue weighted by Crippen LogP contribution is 2.21. The van der Waals surface area contributed by atoms with Crippen LogP contribution in [-0.4, -0.2) is 13.5 Å². The predicted molar refractivity (Wildman–Crippen MR) is 74.3 cm³/mol. The Morgan fingerprint density at radius 2 is 1.90 bits per heavy atom. The molecule has 0 atom stereocenters. The Hall–Kier alpha value is -1.92. The highest BCUT2D eigenvalue weighted by Gasteiger charge is 2.17. The molecule has 0 aromatic heterocycles. The van der Waals surface area contributed by atoms with E-state index in [4.69, 9.17) is 5.11 Å². The van der Waals surface area contributed by atoms with E-state index in [0.717, 1.165) is 23.8 Å². The van der Waals surface area contributed by atoms with E-state index in [1.807, 2.05) is 0 Å². The maximum atomic E-state index is 13.3. The molecule has 0 bridgehead atoms. The van der Waals surface area contributed by atoms with Gasteiger partial charge >= 0.3 is 0 Å². The molecule has 0 aliphatic carbocycles. The van der Waals surface area contributed by atoms with E-state index in [0.29, 0.717) is 5.69 Å². The van der Waals surface area contributed by atoms with Gasteiger partial charge in [-0.3, -0.25) is 4.72 Å². The molecule has 0 aliphatic rings. The second-order valence-corrected chi connectivity index (χ2v) is 6.01. The van der Waals surface area contributed by atoms with Crippen molar-refractivity contribution in [3.8, 4) is 0 Å². The van der Waals surface area contributed by atoms with Crippen LogP contribution in [-0.2, 0) is 16.6 Å². The van der Waals surface area contributed by atoms with Crippen LogP contribution in [0, 0.1) is 12.7 Å². The summed E-state index contributed by atoms with van der Waals surface area (Å²) in [5.41, 5.74) is 1.18. The van der Waals surface area contributed by atoms with E-state index in [1.54, 1.807) is 31.2 Å². The lowest BCUT2D eigenvalue weighted by Crippen LogP contribution is -2.14. The van der Waals surface area contributed by atoms with Crippen LogP contribution in [0.2, 0.25) is 0 Å². The minimum atomic E-state index is -3.81. The first-order chi connectivity index (χ1) is 9.44. The number of benzene rings is 2. The molecule has 2 aromatic rings. The van der Waals surface area contributed by atoms with Crippen molar-refractivity contribution >= 4 is 15.7 Å². The molecule has 6 heteroatoms. The van der Waals surface area contributed by atoms with Gasteiger partial charge in [0.2, 0.25) is 0 Å². The highest BCUT2D eigenvalue weighted by atomic mass is 32.2. The third-order valence-electron chi connectivity index (χ3n) is 2.89. The van der Waals surface area contributed by atoms with Crippen LogP contribution < -0.4 is 4.72 Å². The zero-order valence-corrected chi connectivity index (χ0v) is 11.6. The lowest BCUT2D eigenvalue weighted by atomic mass is 10.2. The van der Waals surface area contributed by atoms with Crippen LogP contribution in [0.1, 0.15) is 11.1 Å². The van der Waals surface area contributed by atoms with E-state index < -0.39 is 22.4 Å². The van der Waals surface area contributed by atoms with Gasteiger partial charge in [0.1, 0.15) is 5.82 Å². The van der Waals surface area contributed by atoms with Gasteiger partial charge in [0, 0.05) is 5.56 Å². The summed E-state index contributed by atoms with van der Waals surface area (Å²) in [4.78, 5) is -0.0915. The Morgan fingerprint density at radius 1 is 1.20 bits per heavy atom. The number of halogens is 1. The minimum Gasteiger partial charge on any atom is -0.392 e.